The number of aliphatic imine (C=N–C) groups is 1. The van der Waals surface area contributed by atoms with Crippen LogP contribution in [0.2, 0.25) is 0 Å². The van der Waals surface area contributed by atoms with E-state index in [1.54, 1.807) is 6.07 Å². The van der Waals surface area contributed by atoms with E-state index >= 15 is 0 Å². The molecule has 142 valence electrons. The van der Waals surface area contributed by atoms with Gasteiger partial charge in [-0.3, -0.25) is 4.99 Å². The number of amidine groups is 1. The van der Waals surface area contributed by atoms with Crippen molar-refractivity contribution >= 4 is 17.7 Å². The minimum atomic E-state index is -0.358. The summed E-state index contributed by atoms with van der Waals surface area (Å²) in [4.78, 5) is 13.4. The normalized spacial score (nSPS) is 17.8. The number of aromatic nitrogens is 2. The monoisotopic (exact) mass is 376 g/mol. The van der Waals surface area contributed by atoms with E-state index in [1.807, 2.05) is 38.1 Å². The Kier molecular flexibility index (Phi) is 4.00. The molecule has 0 bridgehead atoms. The minimum absolute atomic E-state index is 0.151. The fraction of sp³-hybridized carbons (Fsp3) is 0.318. The van der Waals surface area contributed by atoms with Crippen molar-refractivity contribution in [3.05, 3.63) is 58.1 Å². The van der Waals surface area contributed by atoms with Gasteiger partial charge in [0.05, 0.1) is 12.2 Å². The van der Waals surface area contributed by atoms with E-state index in [4.69, 9.17) is 4.74 Å². The zero-order chi connectivity index (χ0) is 19.3. The molecule has 2 aliphatic carbocycles. The van der Waals surface area contributed by atoms with Crippen LogP contribution in [-0.4, -0.2) is 22.3 Å². The van der Waals surface area contributed by atoms with Crippen molar-refractivity contribution in [1.29, 1.82) is 0 Å². The number of rotatable bonds is 4. The standard InChI is InChI=1S/C22H21FN4O/c1-12-7-15-5-6-18(21(23)16(15)8-12)28-22-25-17(14-3-4-14)10-20(27-22)26-19-9-13(2)11-24-19/h5-6,8-10,14H,3-4,7,11H2,1-2H3,(H,24,25,26,27). The van der Waals surface area contributed by atoms with Crippen LogP contribution in [0.1, 0.15) is 49.4 Å². The van der Waals surface area contributed by atoms with E-state index in [-0.39, 0.29) is 17.6 Å². The van der Waals surface area contributed by atoms with Crippen LogP contribution in [0.3, 0.4) is 0 Å². The highest BCUT2D eigenvalue weighted by atomic mass is 19.1. The summed E-state index contributed by atoms with van der Waals surface area (Å²) in [5.41, 5.74) is 4.85. The minimum Gasteiger partial charge on any atom is -0.421 e. The van der Waals surface area contributed by atoms with E-state index in [2.05, 4.69) is 20.3 Å². The average molecular weight is 376 g/mol. The Morgan fingerprint density at radius 1 is 1.11 bits per heavy atom. The van der Waals surface area contributed by atoms with Gasteiger partial charge in [-0.15, -0.1) is 0 Å². The van der Waals surface area contributed by atoms with E-state index in [1.165, 1.54) is 5.57 Å². The van der Waals surface area contributed by atoms with Crippen LogP contribution in [0.15, 0.2) is 40.4 Å². The summed E-state index contributed by atoms with van der Waals surface area (Å²) < 4.78 is 20.7. The number of ether oxygens (including phenoxy) is 1. The highest BCUT2D eigenvalue weighted by Gasteiger charge is 2.27. The molecule has 1 saturated carbocycles. The molecule has 5 rings (SSSR count). The first kappa shape index (κ1) is 17.1. The van der Waals surface area contributed by atoms with E-state index in [9.17, 15) is 4.39 Å². The first-order chi connectivity index (χ1) is 13.5. The second kappa shape index (κ2) is 6.55. The van der Waals surface area contributed by atoms with Gasteiger partial charge in [-0.05, 0) is 56.4 Å². The van der Waals surface area contributed by atoms with Crippen molar-refractivity contribution in [3.63, 3.8) is 0 Å². The van der Waals surface area contributed by atoms with E-state index < -0.39 is 0 Å². The molecule has 0 saturated heterocycles. The van der Waals surface area contributed by atoms with Gasteiger partial charge < -0.3 is 10.1 Å². The summed E-state index contributed by atoms with van der Waals surface area (Å²) in [5.74, 6) is 1.60. The van der Waals surface area contributed by atoms with E-state index in [0.717, 1.165) is 41.9 Å². The number of nitrogens with one attached hydrogen (secondary N) is 1. The quantitative estimate of drug-likeness (QED) is 0.814. The number of benzene rings is 1. The number of anilines is 1. The predicted molar refractivity (Wildman–Crippen MR) is 108 cm³/mol. The fourth-order valence-corrected chi connectivity index (χ4v) is 3.58. The number of allylic oxidation sites excluding steroid dienone is 1. The number of nitrogens with zero attached hydrogens (tertiary/aromatic N) is 3. The number of fused-ring (bicyclic) bond motifs is 1. The Labute approximate surface area is 163 Å². The Bertz CT molecular complexity index is 1070. The molecular weight excluding hydrogens is 355 g/mol. The molecule has 1 fully saturated rings. The van der Waals surface area contributed by atoms with Gasteiger partial charge >= 0.3 is 6.01 Å². The third-order valence-electron chi connectivity index (χ3n) is 5.16. The van der Waals surface area contributed by atoms with Gasteiger partial charge in [-0.1, -0.05) is 17.7 Å². The fourth-order valence-electron chi connectivity index (χ4n) is 3.58. The van der Waals surface area contributed by atoms with Gasteiger partial charge in [0.25, 0.3) is 0 Å². The van der Waals surface area contributed by atoms with Crippen molar-refractivity contribution in [3.8, 4) is 11.8 Å². The first-order valence-electron chi connectivity index (χ1n) is 9.59. The molecule has 0 radical (unpaired) electrons. The molecule has 0 spiro atoms. The van der Waals surface area contributed by atoms with Crippen LogP contribution in [0.25, 0.3) is 6.08 Å². The Morgan fingerprint density at radius 2 is 1.96 bits per heavy atom. The van der Waals surface area contributed by atoms with Crippen LogP contribution >= 0.6 is 0 Å². The number of halogens is 1. The molecule has 2 aromatic rings. The van der Waals surface area contributed by atoms with Crippen LogP contribution in [-0.2, 0) is 6.42 Å². The molecule has 1 N–H and O–H groups in total. The smallest absolute Gasteiger partial charge is 0.324 e. The van der Waals surface area contributed by atoms with Crippen molar-refractivity contribution in [1.82, 2.24) is 9.97 Å². The molecule has 6 heteroatoms. The maximum Gasteiger partial charge on any atom is 0.324 e. The van der Waals surface area contributed by atoms with Gasteiger partial charge in [0.1, 0.15) is 11.7 Å². The molecule has 28 heavy (non-hydrogen) atoms. The van der Waals surface area contributed by atoms with Gasteiger partial charge in [-0.2, -0.15) is 9.97 Å². The van der Waals surface area contributed by atoms with Crippen LogP contribution in [0.4, 0.5) is 10.2 Å². The SMILES string of the molecule is CC1=CC(Nc2cc(C3CC3)nc(Oc3ccc4c(c3F)C=C(C)C4)n2)=NC1. The summed E-state index contributed by atoms with van der Waals surface area (Å²) in [6.45, 7) is 4.73. The lowest BCUT2D eigenvalue weighted by atomic mass is 10.1. The lowest BCUT2D eigenvalue weighted by Crippen LogP contribution is -2.10. The summed E-state index contributed by atoms with van der Waals surface area (Å²) in [6.07, 6.45) is 6.86. The topological polar surface area (TPSA) is 59.4 Å². The zero-order valence-electron chi connectivity index (χ0n) is 15.9. The Hall–Kier alpha value is -3.02. The molecule has 0 unspecified atom stereocenters. The summed E-state index contributed by atoms with van der Waals surface area (Å²) in [5, 5.41) is 3.22. The van der Waals surface area contributed by atoms with Crippen molar-refractivity contribution in [2.75, 3.05) is 11.9 Å². The number of hydrogen-bond acceptors (Lipinski definition) is 5. The van der Waals surface area contributed by atoms with Crippen molar-refractivity contribution in [2.45, 2.75) is 39.0 Å². The molecule has 2 heterocycles. The van der Waals surface area contributed by atoms with Gasteiger partial charge in [0.15, 0.2) is 11.6 Å². The third-order valence-corrected chi connectivity index (χ3v) is 5.16. The molecule has 5 nitrogen and oxygen atoms in total. The second-order valence-electron chi connectivity index (χ2n) is 7.77. The lowest BCUT2D eigenvalue weighted by molar-refractivity contribution is 0.409. The van der Waals surface area contributed by atoms with Gasteiger partial charge in [0, 0.05) is 17.5 Å². The van der Waals surface area contributed by atoms with Gasteiger partial charge in [0.2, 0.25) is 0 Å². The number of hydrogen-bond donors (Lipinski definition) is 1. The van der Waals surface area contributed by atoms with Crippen LogP contribution in [0, 0.1) is 5.82 Å². The molecule has 3 aliphatic rings. The second-order valence-corrected chi connectivity index (χ2v) is 7.77. The van der Waals surface area contributed by atoms with Crippen LogP contribution < -0.4 is 10.1 Å². The molecule has 0 atom stereocenters. The molecule has 1 aromatic carbocycles. The Morgan fingerprint density at radius 3 is 2.71 bits per heavy atom. The molecule has 1 aromatic heterocycles. The third kappa shape index (κ3) is 3.30. The molecular formula is C22H21FN4O. The largest absolute Gasteiger partial charge is 0.421 e. The van der Waals surface area contributed by atoms with Crippen LogP contribution in [0.5, 0.6) is 11.8 Å². The predicted octanol–water partition coefficient (Wildman–Crippen LogP) is 5.02. The van der Waals surface area contributed by atoms with Crippen molar-refractivity contribution in [2.24, 2.45) is 4.99 Å². The molecule has 0 amide bonds. The highest BCUT2D eigenvalue weighted by Crippen LogP contribution is 2.41. The first-order valence-corrected chi connectivity index (χ1v) is 9.59. The summed E-state index contributed by atoms with van der Waals surface area (Å²) >= 11 is 0. The summed E-state index contributed by atoms with van der Waals surface area (Å²) in [7, 11) is 0. The maximum atomic E-state index is 14.9. The highest BCUT2D eigenvalue weighted by molar-refractivity contribution is 6.05. The molecule has 1 aliphatic heterocycles. The lowest BCUT2D eigenvalue weighted by Gasteiger charge is -2.11. The maximum absolute atomic E-state index is 14.9. The Balaban J connectivity index is 1.46. The van der Waals surface area contributed by atoms with Crippen molar-refractivity contribution < 1.29 is 9.13 Å². The average Bonchev–Trinajstić information content (AvgIpc) is 3.33. The van der Waals surface area contributed by atoms with E-state index in [0.29, 0.717) is 23.8 Å². The summed E-state index contributed by atoms with van der Waals surface area (Å²) in [6, 6.07) is 5.66. The van der Waals surface area contributed by atoms with Gasteiger partial charge in [-0.25, -0.2) is 4.39 Å². The zero-order valence-corrected chi connectivity index (χ0v) is 15.9.